The Kier molecular flexibility index (Phi) is 6.01. The molecule has 1 aromatic rings. The van der Waals surface area contributed by atoms with Gasteiger partial charge in [-0.2, -0.15) is 0 Å². The Hall–Kier alpha value is -1.56. The number of hydrogen-bond donors (Lipinski definition) is 2. The summed E-state index contributed by atoms with van der Waals surface area (Å²) in [5.41, 5.74) is 0.960. The number of carbonyl (C=O) groups is 2. The highest BCUT2D eigenvalue weighted by atomic mass is 79.9. The minimum absolute atomic E-state index is 0.173. The summed E-state index contributed by atoms with van der Waals surface area (Å²) in [6, 6.07) is 6.30. The van der Waals surface area contributed by atoms with Gasteiger partial charge >= 0.3 is 12.0 Å². The molecule has 20 heavy (non-hydrogen) atoms. The lowest BCUT2D eigenvalue weighted by molar-refractivity contribution is -0.140. The maximum Gasteiger partial charge on any atom is 0.326 e. The molecule has 1 aromatic carbocycles. The maximum atomic E-state index is 12.0. The highest BCUT2D eigenvalue weighted by molar-refractivity contribution is 9.10. The van der Waals surface area contributed by atoms with Crippen molar-refractivity contribution in [2.75, 3.05) is 7.05 Å². The third-order valence-electron chi connectivity index (χ3n) is 2.92. The van der Waals surface area contributed by atoms with E-state index in [4.69, 9.17) is 5.11 Å². The molecule has 0 aromatic heterocycles. The number of carboxylic acid groups (broad SMARTS) is 1. The van der Waals surface area contributed by atoms with Crippen LogP contribution in [-0.4, -0.2) is 35.1 Å². The first-order valence-electron chi connectivity index (χ1n) is 6.30. The van der Waals surface area contributed by atoms with Crippen LogP contribution < -0.4 is 5.32 Å². The second-order valence-electron chi connectivity index (χ2n) is 4.96. The van der Waals surface area contributed by atoms with E-state index in [1.807, 2.05) is 24.3 Å². The SMILES string of the molecule is CC(C)[C@H](NC(=O)N(C)Cc1ccccc1Br)C(=O)O. The van der Waals surface area contributed by atoms with Crippen LogP contribution in [0.3, 0.4) is 0 Å². The zero-order chi connectivity index (χ0) is 15.3. The van der Waals surface area contributed by atoms with Crippen molar-refractivity contribution in [3.05, 3.63) is 34.3 Å². The Morgan fingerprint density at radius 1 is 1.35 bits per heavy atom. The van der Waals surface area contributed by atoms with Crippen LogP contribution in [0.25, 0.3) is 0 Å². The number of carbonyl (C=O) groups excluding carboxylic acids is 1. The molecule has 0 heterocycles. The van der Waals surface area contributed by atoms with Gasteiger partial charge in [-0.25, -0.2) is 9.59 Å². The predicted molar refractivity (Wildman–Crippen MR) is 80.4 cm³/mol. The summed E-state index contributed by atoms with van der Waals surface area (Å²) in [4.78, 5) is 24.5. The predicted octanol–water partition coefficient (Wildman–Crippen LogP) is 2.70. The Labute approximate surface area is 127 Å². The van der Waals surface area contributed by atoms with Crippen molar-refractivity contribution in [3.63, 3.8) is 0 Å². The molecule has 5 nitrogen and oxygen atoms in total. The largest absolute Gasteiger partial charge is 0.480 e. The van der Waals surface area contributed by atoms with E-state index in [9.17, 15) is 9.59 Å². The summed E-state index contributed by atoms with van der Waals surface area (Å²) in [6.45, 7) is 3.91. The lowest BCUT2D eigenvalue weighted by Crippen LogP contribution is -2.48. The molecule has 1 rings (SSSR count). The summed E-state index contributed by atoms with van der Waals surface area (Å²) in [7, 11) is 1.63. The lowest BCUT2D eigenvalue weighted by atomic mass is 10.1. The molecule has 0 saturated heterocycles. The molecule has 0 aliphatic heterocycles. The van der Waals surface area contributed by atoms with Gasteiger partial charge in [0.2, 0.25) is 0 Å². The number of urea groups is 1. The van der Waals surface area contributed by atoms with Crippen LogP contribution in [0.5, 0.6) is 0 Å². The molecular weight excluding hydrogens is 324 g/mol. The van der Waals surface area contributed by atoms with Gasteiger partial charge in [0.1, 0.15) is 6.04 Å². The fraction of sp³-hybridized carbons (Fsp3) is 0.429. The van der Waals surface area contributed by atoms with Gasteiger partial charge < -0.3 is 15.3 Å². The fourth-order valence-electron chi connectivity index (χ4n) is 1.71. The molecule has 2 amide bonds. The Bertz CT molecular complexity index is 491. The normalized spacial score (nSPS) is 12.1. The number of nitrogens with one attached hydrogen (secondary N) is 1. The zero-order valence-corrected chi connectivity index (χ0v) is 13.3. The summed E-state index contributed by atoms with van der Waals surface area (Å²) in [5, 5.41) is 11.6. The molecule has 0 saturated carbocycles. The van der Waals surface area contributed by atoms with E-state index in [0.717, 1.165) is 10.0 Å². The van der Waals surface area contributed by atoms with E-state index in [1.165, 1.54) is 4.90 Å². The molecule has 0 bridgehead atoms. The molecular formula is C14H19BrN2O3. The summed E-state index contributed by atoms with van der Waals surface area (Å²) >= 11 is 3.42. The van der Waals surface area contributed by atoms with Crippen LogP contribution in [0.4, 0.5) is 4.79 Å². The van der Waals surface area contributed by atoms with E-state index >= 15 is 0 Å². The first-order valence-corrected chi connectivity index (χ1v) is 7.10. The van der Waals surface area contributed by atoms with Crippen molar-refractivity contribution in [3.8, 4) is 0 Å². The van der Waals surface area contributed by atoms with Crippen LogP contribution >= 0.6 is 15.9 Å². The van der Waals surface area contributed by atoms with Crippen LogP contribution in [0.2, 0.25) is 0 Å². The van der Waals surface area contributed by atoms with Gasteiger partial charge in [-0.1, -0.05) is 48.0 Å². The van der Waals surface area contributed by atoms with E-state index in [0.29, 0.717) is 6.54 Å². The van der Waals surface area contributed by atoms with Gasteiger partial charge in [0, 0.05) is 18.1 Å². The number of aliphatic carboxylic acids is 1. The van der Waals surface area contributed by atoms with Gasteiger partial charge in [-0.05, 0) is 17.5 Å². The van der Waals surface area contributed by atoms with E-state index < -0.39 is 18.0 Å². The summed E-state index contributed by atoms with van der Waals surface area (Å²) in [6.07, 6.45) is 0. The molecule has 0 aliphatic rings. The molecule has 110 valence electrons. The zero-order valence-electron chi connectivity index (χ0n) is 11.8. The number of hydrogen-bond acceptors (Lipinski definition) is 2. The van der Waals surface area contributed by atoms with Gasteiger partial charge in [0.15, 0.2) is 0 Å². The van der Waals surface area contributed by atoms with Gasteiger partial charge in [0.05, 0.1) is 0 Å². The first-order chi connectivity index (χ1) is 9.32. The number of amides is 2. The molecule has 2 N–H and O–H groups in total. The molecule has 1 atom stereocenters. The molecule has 0 aliphatic carbocycles. The second-order valence-corrected chi connectivity index (χ2v) is 5.81. The van der Waals surface area contributed by atoms with Crippen molar-refractivity contribution in [2.24, 2.45) is 5.92 Å². The highest BCUT2D eigenvalue weighted by Crippen LogP contribution is 2.17. The molecule has 0 fully saturated rings. The van der Waals surface area contributed by atoms with E-state index in [1.54, 1.807) is 20.9 Å². The van der Waals surface area contributed by atoms with E-state index in [2.05, 4.69) is 21.2 Å². The standard InChI is InChI=1S/C14H19BrN2O3/c1-9(2)12(13(18)19)16-14(20)17(3)8-10-6-4-5-7-11(10)15/h4-7,9,12H,8H2,1-3H3,(H,16,20)(H,18,19)/t12-/m0/s1. The number of halogens is 1. The lowest BCUT2D eigenvalue weighted by Gasteiger charge is -2.23. The third-order valence-corrected chi connectivity index (χ3v) is 3.70. The molecule has 0 unspecified atom stereocenters. The van der Waals surface area contributed by atoms with Gasteiger partial charge in [-0.3, -0.25) is 0 Å². The number of nitrogens with zero attached hydrogens (tertiary/aromatic N) is 1. The first kappa shape index (κ1) is 16.5. The summed E-state index contributed by atoms with van der Waals surface area (Å²) < 4.78 is 0.915. The average Bonchev–Trinajstić information content (AvgIpc) is 2.37. The topological polar surface area (TPSA) is 69.6 Å². The number of benzene rings is 1. The molecule has 6 heteroatoms. The quantitative estimate of drug-likeness (QED) is 0.864. The van der Waals surface area contributed by atoms with Crippen molar-refractivity contribution >= 4 is 27.9 Å². The van der Waals surface area contributed by atoms with Gasteiger partial charge in [0.25, 0.3) is 0 Å². The fourth-order valence-corrected chi connectivity index (χ4v) is 2.12. The van der Waals surface area contributed by atoms with Gasteiger partial charge in [-0.15, -0.1) is 0 Å². The van der Waals surface area contributed by atoms with Crippen molar-refractivity contribution in [2.45, 2.75) is 26.4 Å². The Morgan fingerprint density at radius 3 is 2.45 bits per heavy atom. The van der Waals surface area contributed by atoms with Crippen LogP contribution in [0.1, 0.15) is 19.4 Å². The maximum absolute atomic E-state index is 12.0. The number of rotatable bonds is 5. The summed E-state index contributed by atoms with van der Waals surface area (Å²) in [5.74, 6) is -1.20. The van der Waals surface area contributed by atoms with Crippen LogP contribution in [-0.2, 0) is 11.3 Å². The molecule has 0 spiro atoms. The second kappa shape index (κ2) is 7.28. The van der Waals surface area contributed by atoms with Crippen molar-refractivity contribution < 1.29 is 14.7 Å². The molecule has 0 radical (unpaired) electrons. The van der Waals surface area contributed by atoms with Crippen LogP contribution in [0, 0.1) is 5.92 Å². The number of carboxylic acids is 1. The van der Waals surface area contributed by atoms with E-state index in [-0.39, 0.29) is 5.92 Å². The highest BCUT2D eigenvalue weighted by Gasteiger charge is 2.24. The smallest absolute Gasteiger partial charge is 0.326 e. The Morgan fingerprint density at radius 2 is 1.95 bits per heavy atom. The van der Waals surface area contributed by atoms with Crippen molar-refractivity contribution in [1.29, 1.82) is 0 Å². The minimum atomic E-state index is -1.03. The average molecular weight is 343 g/mol. The Balaban J connectivity index is 2.68. The van der Waals surface area contributed by atoms with Crippen LogP contribution in [0.15, 0.2) is 28.7 Å². The minimum Gasteiger partial charge on any atom is -0.480 e. The third kappa shape index (κ3) is 4.52. The monoisotopic (exact) mass is 342 g/mol. The van der Waals surface area contributed by atoms with Crippen molar-refractivity contribution in [1.82, 2.24) is 10.2 Å².